The lowest BCUT2D eigenvalue weighted by Crippen LogP contribution is -2.40. The van der Waals surface area contributed by atoms with Crippen LogP contribution in [-0.4, -0.2) is 40.2 Å². The highest BCUT2D eigenvalue weighted by Crippen LogP contribution is 2.22. The van der Waals surface area contributed by atoms with Crippen LogP contribution in [0.15, 0.2) is 54.6 Å². The molecular formula is C18H22N2O3S. The molecule has 5 nitrogen and oxygen atoms in total. The fourth-order valence-corrected chi connectivity index (χ4v) is 3.00. The molecule has 0 aliphatic carbocycles. The van der Waals surface area contributed by atoms with Crippen molar-refractivity contribution in [2.45, 2.75) is 13.0 Å². The van der Waals surface area contributed by atoms with E-state index in [1.165, 1.54) is 0 Å². The number of rotatable bonds is 6. The van der Waals surface area contributed by atoms with Crippen molar-refractivity contribution in [1.82, 2.24) is 4.90 Å². The number of carbonyl (C=O) groups excluding carboxylic acids is 1. The standard InChI is InChI=1S/C18H22N2O3S/c1-14(13-24(3)22)20(2)18(21)19-15-9-11-17(12-10-15)23-16-7-5-4-6-8-16/h4-12,14H,13H2,1-3H3,(H,19,21)/t14-,24-/m0/s1. The highest BCUT2D eigenvalue weighted by atomic mass is 32.2. The summed E-state index contributed by atoms with van der Waals surface area (Å²) in [5.74, 6) is 1.91. The van der Waals surface area contributed by atoms with E-state index in [0.29, 0.717) is 17.2 Å². The van der Waals surface area contributed by atoms with E-state index in [-0.39, 0.29) is 12.1 Å². The Kier molecular flexibility index (Phi) is 6.37. The van der Waals surface area contributed by atoms with Crippen molar-refractivity contribution in [3.05, 3.63) is 54.6 Å². The normalized spacial score (nSPS) is 13.0. The molecule has 0 saturated heterocycles. The maximum atomic E-state index is 12.2. The minimum Gasteiger partial charge on any atom is -0.457 e. The molecule has 0 heterocycles. The summed E-state index contributed by atoms with van der Waals surface area (Å²) in [4.78, 5) is 13.7. The smallest absolute Gasteiger partial charge is 0.321 e. The number of nitrogens with zero attached hydrogens (tertiary/aromatic N) is 1. The summed E-state index contributed by atoms with van der Waals surface area (Å²) in [6, 6.07) is 16.3. The molecule has 2 atom stereocenters. The van der Waals surface area contributed by atoms with Gasteiger partial charge < -0.3 is 15.0 Å². The quantitative estimate of drug-likeness (QED) is 0.867. The number of hydrogen-bond acceptors (Lipinski definition) is 3. The van der Waals surface area contributed by atoms with Crippen molar-refractivity contribution in [3.8, 4) is 11.5 Å². The Hall–Kier alpha value is -2.34. The summed E-state index contributed by atoms with van der Waals surface area (Å²) in [5, 5.41) is 2.82. The van der Waals surface area contributed by atoms with Gasteiger partial charge in [-0.05, 0) is 43.3 Å². The first-order valence-electron chi connectivity index (χ1n) is 7.62. The van der Waals surface area contributed by atoms with Crippen LogP contribution < -0.4 is 10.1 Å². The van der Waals surface area contributed by atoms with E-state index in [0.717, 1.165) is 5.75 Å². The number of carbonyl (C=O) groups is 1. The fourth-order valence-electron chi connectivity index (χ4n) is 2.09. The summed E-state index contributed by atoms with van der Waals surface area (Å²) in [7, 11) is 0.754. The van der Waals surface area contributed by atoms with Gasteiger partial charge in [0.05, 0.1) is 0 Å². The summed E-state index contributed by atoms with van der Waals surface area (Å²) in [6.45, 7) is 1.87. The highest BCUT2D eigenvalue weighted by molar-refractivity contribution is 7.84. The minimum atomic E-state index is -0.940. The minimum absolute atomic E-state index is 0.100. The predicted octanol–water partition coefficient (Wildman–Crippen LogP) is 3.71. The summed E-state index contributed by atoms with van der Waals surface area (Å²) < 4.78 is 17.0. The van der Waals surface area contributed by atoms with Crippen LogP contribution in [0.25, 0.3) is 0 Å². The number of anilines is 1. The molecule has 0 fully saturated rings. The SMILES string of the molecule is C[C@@H](C[S@](C)=O)N(C)C(=O)Nc1ccc(Oc2ccccc2)cc1. The lowest BCUT2D eigenvalue weighted by atomic mass is 10.3. The van der Waals surface area contributed by atoms with Crippen LogP contribution in [0.1, 0.15) is 6.92 Å². The molecule has 2 aromatic carbocycles. The molecule has 0 bridgehead atoms. The number of para-hydroxylation sites is 1. The van der Waals surface area contributed by atoms with E-state index in [1.54, 1.807) is 42.5 Å². The molecule has 128 valence electrons. The number of ether oxygens (including phenoxy) is 1. The lowest BCUT2D eigenvalue weighted by molar-refractivity contribution is 0.212. The van der Waals surface area contributed by atoms with E-state index in [9.17, 15) is 9.00 Å². The average molecular weight is 346 g/mol. The summed E-state index contributed by atoms with van der Waals surface area (Å²) >= 11 is 0. The first-order chi connectivity index (χ1) is 11.5. The van der Waals surface area contributed by atoms with Gasteiger partial charge in [0.15, 0.2) is 0 Å². The van der Waals surface area contributed by atoms with Gasteiger partial charge in [0.1, 0.15) is 11.5 Å². The number of nitrogens with one attached hydrogen (secondary N) is 1. The molecule has 0 unspecified atom stereocenters. The molecule has 0 spiro atoms. The van der Waals surface area contributed by atoms with Gasteiger partial charge in [-0.3, -0.25) is 4.21 Å². The molecule has 0 saturated carbocycles. The van der Waals surface area contributed by atoms with Gasteiger partial charge in [-0.1, -0.05) is 18.2 Å². The van der Waals surface area contributed by atoms with Crippen molar-refractivity contribution in [1.29, 1.82) is 0 Å². The highest BCUT2D eigenvalue weighted by Gasteiger charge is 2.16. The number of urea groups is 1. The van der Waals surface area contributed by atoms with Crippen LogP contribution >= 0.6 is 0 Å². The largest absolute Gasteiger partial charge is 0.457 e. The van der Waals surface area contributed by atoms with E-state index >= 15 is 0 Å². The Balaban J connectivity index is 1.93. The third-order valence-corrected chi connectivity index (χ3v) is 4.49. The zero-order valence-electron chi connectivity index (χ0n) is 14.1. The van der Waals surface area contributed by atoms with Gasteiger partial charge in [-0.2, -0.15) is 0 Å². The van der Waals surface area contributed by atoms with Crippen molar-refractivity contribution < 1.29 is 13.7 Å². The third-order valence-electron chi connectivity index (χ3n) is 3.54. The Morgan fingerprint density at radius 1 is 1.12 bits per heavy atom. The Bertz CT molecular complexity index is 689. The monoisotopic (exact) mass is 346 g/mol. The van der Waals surface area contributed by atoms with E-state index in [4.69, 9.17) is 4.74 Å². The van der Waals surface area contributed by atoms with Crippen LogP contribution in [0.5, 0.6) is 11.5 Å². The predicted molar refractivity (Wildman–Crippen MR) is 98.1 cm³/mol. The zero-order chi connectivity index (χ0) is 17.5. The second kappa shape index (κ2) is 8.49. The number of hydrogen-bond donors (Lipinski definition) is 1. The van der Waals surface area contributed by atoms with Gasteiger partial charge in [0.2, 0.25) is 0 Å². The third kappa shape index (κ3) is 5.38. The second-order valence-electron chi connectivity index (χ2n) is 5.57. The zero-order valence-corrected chi connectivity index (χ0v) is 14.9. The Morgan fingerprint density at radius 3 is 2.29 bits per heavy atom. The van der Waals surface area contributed by atoms with Crippen molar-refractivity contribution in [2.75, 3.05) is 24.4 Å². The van der Waals surface area contributed by atoms with Crippen LogP contribution in [0, 0.1) is 0 Å². The van der Waals surface area contributed by atoms with E-state index < -0.39 is 10.8 Å². The maximum absolute atomic E-state index is 12.2. The van der Waals surface area contributed by atoms with Gasteiger partial charge >= 0.3 is 6.03 Å². The molecule has 2 aromatic rings. The Labute approximate surface area is 145 Å². The topological polar surface area (TPSA) is 58.6 Å². The van der Waals surface area contributed by atoms with Gasteiger partial charge in [-0.25, -0.2) is 4.79 Å². The first-order valence-corrected chi connectivity index (χ1v) is 9.35. The second-order valence-corrected chi connectivity index (χ2v) is 7.05. The van der Waals surface area contributed by atoms with Crippen LogP contribution in [0.3, 0.4) is 0 Å². The molecule has 0 radical (unpaired) electrons. The molecule has 0 aliphatic heterocycles. The van der Waals surface area contributed by atoms with Crippen LogP contribution in [0.4, 0.5) is 10.5 Å². The van der Waals surface area contributed by atoms with Gasteiger partial charge in [0, 0.05) is 41.6 Å². The number of benzene rings is 2. The molecular weight excluding hydrogens is 324 g/mol. The molecule has 2 rings (SSSR count). The van der Waals surface area contributed by atoms with Crippen LogP contribution in [-0.2, 0) is 10.8 Å². The summed E-state index contributed by atoms with van der Waals surface area (Å²) in [6.07, 6.45) is 1.63. The lowest BCUT2D eigenvalue weighted by Gasteiger charge is -2.24. The molecule has 1 N–H and O–H groups in total. The van der Waals surface area contributed by atoms with Crippen molar-refractivity contribution in [3.63, 3.8) is 0 Å². The van der Waals surface area contributed by atoms with Crippen molar-refractivity contribution >= 4 is 22.5 Å². The molecule has 0 aliphatic rings. The first kappa shape index (κ1) is 18.0. The average Bonchev–Trinajstić information content (AvgIpc) is 2.56. The Morgan fingerprint density at radius 2 is 1.71 bits per heavy atom. The molecule has 24 heavy (non-hydrogen) atoms. The van der Waals surface area contributed by atoms with E-state index in [1.807, 2.05) is 37.3 Å². The van der Waals surface area contributed by atoms with Crippen molar-refractivity contribution in [2.24, 2.45) is 0 Å². The molecule has 0 aromatic heterocycles. The fraction of sp³-hybridized carbons (Fsp3) is 0.278. The summed E-state index contributed by atoms with van der Waals surface area (Å²) in [5.41, 5.74) is 0.678. The number of amides is 2. The molecule has 2 amide bonds. The van der Waals surface area contributed by atoms with Crippen LogP contribution in [0.2, 0.25) is 0 Å². The maximum Gasteiger partial charge on any atom is 0.321 e. The van der Waals surface area contributed by atoms with Gasteiger partial charge in [0.25, 0.3) is 0 Å². The molecule has 6 heteroatoms. The van der Waals surface area contributed by atoms with Gasteiger partial charge in [-0.15, -0.1) is 0 Å². The van der Waals surface area contributed by atoms with E-state index in [2.05, 4.69) is 5.32 Å².